The van der Waals surface area contributed by atoms with E-state index in [0.717, 1.165) is 12.0 Å². The molecule has 1 rings (SSSR count). The van der Waals surface area contributed by atoms with E-state index in [2.05, 4.69) is 24.4 Å². The molecule has 0 heterocycles. The van der Waals surface area contributed by atoms with Gasteiger partial charge in [-0.2, -0.15) is 5.26 Å². The quantitative estimate of drug-likeness (QED) is 0.642. The van der Waals surface area contributed by atoms with E-state index in [1.54, 1.807) is 0 Å². The Kier molecular flexibility index (Phi) is 3.29. The predicted octanol–water partition coefficient (Wildman–Crippen LogP) is 1.62. The van der Waals surface area contributed by atoms with E-state index in [9.17, 15) is 4.79 Å². The van der Waals surface area contributed by atoms with Gasteiger partial charge in [0.25, 0.3) is 0 Å². The van der Waals surface area contributed by atoms with Crippen molar-refractivity contribution >= 4 is 5.91 Å². The highest BCUT2D eigenvalue weighted by Gasteiger charge is 2.28. The van der Waals surface area contributed by atoms with Crippen molar-refractivity contribution in [2.45, 2.75) is 33.2 Å². The van der Waals surface area contributed by atoms with Gasteiger partial charge in [0.15, 0.2) is 0 Å². The van der Waals surface area contributed by atoms with Crippen LogP contribution in [0.3, 0.4) is 0 Å². The molecule has 0 spiro atoms. The molecule has 0 radical (unpaired) electrons. The first-order valence-electron chi connectivity index (χ1n) is 4.89. The summed E-state index contributed by atoms with van der Waals surface area (Å²) >= 11 is 0. The average molecular weight is 192 g/mol. The summed E-state index contributed by atoms with van der Waals surface area (Å²) in [6, 6.07) is 2.18. The maximum atomic E-state index is 11.0. The van der Waals surface area contributed by atoms with Gasteiger partial charge in [-0.25, -0.2) is 0 Å². The van der Waals surface area contributed by atoms with Gasteiger partial charge < -0.3 is 5.32 Å². The topological polar surface area (TPSA) is 52.9 Å². The van der Waals surface area contributed by atoms with Crippen LogP contribution in [0.5, 0.6) is 0 Å². The van der Waals surface area contributed by atoms with Crippen molar-refractivity contribution < 1.29 is 4.79 Å². The normalized spacial score (nSPS) is 31.6. The number of carbonyl (C=O) groups is 1. The van der Waals surface area contributed by atoms with E-state index >= 15 is 0 Å². The van der Waals surface area contributed by atoms with E-state index in [0.29, 0.717) is 5.92 Å². The standard InChI is InChI=1S/C11H16N2O/c1-7-4-8(2)11(13-9(3)14)10(5-7)6-12/h4,7,10-11H,5H2,1-3H3,(H,13,14)/t7-,10+,11+/m0/s1. The molecule has 1 N–H and O–H groups in total. The van der Waals surface area contributed by atoms with E-state index < -0.39 is 0 Å². The van der Waals surface area contributed by atoms with Gasteiger partial charge in [0.05, 0.1) is 18.0 Å². The lowest BCUT2D eigenvalue weighted by molar-refractivity contribution is -0.119. The number of hydrogen-bond donors (Lipinski definition) is 1. The number of carbonyl (C=O) groups excluding carboxylic acids is 1. The van der Waals surface area contributed by atoms with Crippen LogP contribution in [0.4, 0.5) is 0 Å². The molecule has 0 bridgehead atoms. The minimum absolute atomic E-state index is 0.0717. The van der Waals surface area contributed by atoms with Crippen LogP contribution in [-0.2, 0) is 4.79 Å². The Hall–Kier alpha value is -1.30. The molecule has 0 aromatic heterocycles. The highest BCUT2D eigenvalue weighted by molar-refractivity contribution is 5.73. The molecule has 14 heavy (non-hydrogen) atoms. The van der Waals surface area contributed by atoms with Crippen molar-refractivity contribution in [1.82, 2.24) is 5.32 Å². The Morgan fingerprint density at radius 3 is 2.86 bits per heavy atom. The molecule has 1 aliphatic rings. The molecule has 3 heteroatoms. The number of hydrogen-bond acceptors (Lipinski definition) is 2. The van der Waals surface area contributed by atoms with Gasteiger partial charge in [0.1, 0.15) is 0 Å². The summed E-state index contributed by atoms with van der Waals surface area (Å²) in [5, 5.41) is 11.8. The van der Waals surface area contributed by atoms with E-state index in [1.165, 1.54) is 6.92 Å². The highest BCUT2D eigenvalue weighted by atomic mass is 16.1. The summed E-state index contributed by atoms with van der Waals surface area (Å²) in [5.41, 5.74) is 1.10. The van der Waals surface area contributed by atoms with E-state index in [4.69, 9.17) is 5.26 Å². The van der Waals surface area contributed by atoms with E-state index in [-0.39, 0.29) is 17.9 Å². The van der Waals surface area contributed by atoms with Crippen molar-refractivity contribution in [1.29, 1.82) is 5.26 Å². The number of rotatable bonds is 1. The van der Waals surface area contributed by atoms with Crippen LogP contribution in [0.2, 0.25) is 0 Å². The zero-order chi connectivity index (χ0) is 10.7. The summed E-state index contributed by atoms with van der Waals surface area (Å²) in [6.07, 6.45) is 2.97. The van der Waals surface area contributed by atoms with E-state index in [1.807, 2.05) is 6.92 Å². The van der Waals surface area contributed by atoms with Crippen LogP contribution in [0.15, 0.2) is 11.6 Å². The van der Waals surface area contributed by atoms with Crippen molar-refractivity contribution in [2.75, 3.05) is 0 Å². The maximum absolute atomic E-state index is 11.0. The number of allylic oxidation sites excluding steroid dienone is 1. The van der Waals surface area contributed by atoms with Crippen LogP contribution >= 0.6 is 0 Å². The molecule has 3 nitrogen and oxygen atoms in total. The fourth-order valence-corrected chi connectivity index (χ4v) is 2.04. The molecule has 1 amide bonds. The second kappa shape index (κ2) is 4.28. The fraction of sp³-hybridized carbons (Fsp3) is 0.636. The van der Waals surface area contributed by atoms with Crippen LogP contribution in [0.25, 0.3) is 0 Å². The van der Waals surface area contributed by atoms with Crippen molar-refractivity contribution in [3.05, 3.63) is 11.6 Å². The highest BCUT2D eigenvalue weighted by Crippen LogP contribution is 2.27. The van der Waals surface area contributed by atoms with Crippen LogP contribution in [0, 0.1) is 23.2 Å². The molecule has 76 valence electrons. The Balaban J connectivity index is 2.83. The zero-order valence-electron chi connectivity index (χ0n) is 8.87. The van der Waals surface area contributed by atoms with Gasteiger partial charge in [-0.1, -0.05) is 18.6 Å². The molecule has 0 aliphatic heterocycles. The molecule has 0 aromatic carbocycles. The zero-order valence-corrected chi connectivity index (χ0v) is 8.87. The lowest BCUT2D eigenvalue weighted by atomic mass is 9.80. The molecule has 1 aliphatic carbocycles. The molecule has 0 fully saturated rings. The minimum atomic E-state index is -0.0892. The third-order valence-electron chi connectivity index (χ3n) is 2.59. The number of nitrogens with one attached hydrogen (secondary N) is 1. The third-order valence-corrected chi connectivity index (χ3v) is 2.59. The Labute approximate surface area is 84.8 Å². The molecule has 0 unspecified atom stereocenters. The second-order valence-corrected chi connectivity index (χ2v) is 4.04. The van der Waals surface area contributed by atoms with Gasteiger partial charge >= 0.3 is 0 Å². The van der Waals surface area contributed by atoms with Gasteiger partial charge in [0.2, 0.25) is 5.91 Å². The van der Waals surface area contributed by atoms with Crippen LogP contribution in [-0.4, -0.2) is 11.9 Å². The van der Waals surface area contributed by atoms with Crippen molar-refractivity contribution in [2.24, 2.45) is 11.8 Å². The fourth-order valence-electron chi connectivity index (χ4n) is 2.04. The first-order chi connectivity index (χ1) is 6.54. The number of amides is 1. The summed E-state index contributed by atoms with van der Waals surface area (Å²) in [4.78, 5) is 11.0. The predicted molar refractivity (Wildman–Crippen MR) is 54.2 cm³/mol. The molecular weight excluding hydrogens is 176 g/mol. The Morgan fingerprint density at radius 1 is 1.71 bits per heavy atom. The average Bonchev–Trinajstić information content (AvgIpc) is 2.08. The Bertz CT molecular complexity index is 301. The number of nitrogens with zero attached hydrogens (tertiary/aromatic N) is 1. The smallest absolute Gasteiger partial charge is 0.217 e. The second-order valence-electron chi connectivity index (χ2n) is 4.04. The lowest BCUT2D eigenvalue weighted by Crippen LogP contribution is -2.42. The van der Waals surface area contributed by atoms with Crippen LogP contribution in [0.1, 0.15) is 27.2 Å². The lowest BCUT2D eigenvalue weighted by Gasteiger charge is -2.30. The third kappa shape index (κ3) is 2.35. The largest absolute Gasteiger partial charge is 0.349 e. The first-order valence-corrected chi connectivity index (χ1v) is 4.89. The van der Waals surface area contributed by atoms with Crippen LogP contribution < -0.4 is 5.32 Å². The maximum Gasteiger partial charge on any atom is 0.217 e. The summed E-state index contributed by atoms with van der Waals surface area (Å²) < 4.78 is 0. The van der Waals surface area contributed by atoms with Gasteiger partial charge in [0, 0.05) is 6.92 Å². The summed E-state index contributed by atoms with van der Waals surface area (Å²) in [6.45, 7) is 5.55. The summed E-state index contributed by atoms with van der Waals surface area (Å²) in [7, 11) is 0. The molecule has 0 saturated heterocycles. The molecule has 0 saturated carbocycles. The summed E-state index contributed by atoms with van der Waals surface area (Å²) in [5.74, 6) is 0.279. The van der Waals surface area contributed by atoms with Crippen molar-refractivity contribution in [3.8, 4) is 6.07 Å². The molecule has 0 aromatic rings. The SMILES string of the molecule is CC(=O)N[C@@H]1C(C)=C[C@H](C)C[C@@H]1C#N. The monoisotopic (exact) mass is 192 g/mol. The molecular formula is C11H16N2O. The minimum Gasteiger partial charge on any atom is -0.349 e. The van der Waals surface area contributed by atoms with Gasteiger partial charge in [-0.3, -0.25) is 4.79 Å². The van der Waals surface area contributed by atoms with Gasteiger partial charge in [-0.05, 0) is 19.3 Å². The first kappa shape index (κ1) is 10.8. The Morgan fingerprint density at radius 2 is 2.36 bits per heavy atom. The van der Waals surface area contributed by atoms with Crippen molar-refractivity contribution in [3.63, 3.8) is 0 Å². The van der Waals surface area contributed by atoms with Gasteiger partial charge in [-0.15, -0.1) is 0 Å². The number of nitriles is 1. The molecule has 3 atom stereocenters.